The summed E-state index contributed by atoms with van der Waals surface area (Å²) < 4.78 is 5.81. The summed E-state index contributed by atoms with van der Waals surface area (Å²) in [6.07, 6.45) is 7.78. The highest BCUT2D eigenvalue weighted by Crippen LogP contribution is 2.38. The average molecular weight is 480 g/mol. The minimum atomic E-state index is -0.711. The predicted molar refractivity (Wildman–Crippen MR) is 133 cm³/mol. The third kappa shape index (κ3) is 5.49. The molecule has 5 rings (SSSR count). The van der Waals surface area contributed by atoms with E-state index in [-0.39, 0.29) is 35.5 Å². The lowest BCUT2D eigenvalue weighted by atomic mass is 9.77. The zero-order chi connectivity index (χ0) is 24.4. The van der Waals surface area contributed by atoms with Gasteiger partial charge in [-0.05, 0) is 67.6 Å². The quantitative estimate of drug-likeness (QED) is 0.517. The summed E-state index contributed by atoms with van der Waals surface area (Å²) in [6, 6.07) is 8.08. The van der Waals surface area contributed by atoms with Gasteiger partial charge < -0.3 is 25.8 Å². The van der Waals surface area contributed by atoms with Crippen molar-refractivity contribution in [2.75, 3.05) is 35.6 Å². The maximum Gasteiger partial charge on any atom is 0.303 e. The normalized spacial score (nSPS) is 22.2. The summed E-state index contributed by atoms with van der Waals surface area (Å²) in [5, 5.41) is 12.2. The predicted octanol–water partition coefficient (Wildman–Crippen LogP) is 4.06. The Morgan fingerprint density at radius 3 is 2.49 bits per heavy atom. The average Bonchev–Trinajstić information content (AvgIpc) is 3.67. The zero-order valence-electron chi connectivity index (χ0n) is 19.9. The van der Waals surface area contributed by atoms with E-state index in [0.29, 0.717) is 25.0 Å². The van der Waals surface area contributed by atoms with E-state index in [9.17, 15) is 9.59 Å². The minimum Gasteiger partial charge on any atom is -0.481 e. The van der Waals surface area contributed by atoms with E-state index in [1.807, 2.05) is 12.1 Å². The van der Waals surface area contributed by atoms with Gasteiger partial charge in [-0.15, -0.1) is 0 Å². The number of hydrogen-bond donors (Lipinski definition) is 3. The fraction of sp³-hybridized carbons (Fsp3) is 0.538. The van der Waals surface area contributed by atoms with Gasteiger partial charge in [0.1, 0.15) is 18.0 Å². The van der Waals surface area contributed by atoms with Crippen LogP contribution in [0.3, 0.4) is 0 Å². The second-order valence-electron chi connectivity index (χ2n) is 9.98. The van der Waals surface area contributed by atoms with E-state index in [0.717, 1.165) is 50.3 Å². The molecule has 0 atom stereocenters. The largest absolute Gasteiger partial charge is 0.481 e. The molecule has 0 unspecified atom stereocenters. The van der Waals surface area contributed by atoms with Crippen LogP contribution in [0.4, 0.5) is 17.5 Å². The van der Waals surface area contributed by atoms with Crippen LogP contribution in [0, 0.1) is 11.8 Å². The molecule has 0 spiro atoms. The molecule has 0 bridgehead atoms. The number of nitrogen functional groups attached to an aromatic ring is 1. The zero-order valence-corrected chi connectivity index (χ0v) is 19.9. The monoisotopic (exact) mass is 479 g/mol. The number of carboxylic acid groups (broad SMARTS) is 1. The molecular formula is C26H33N5O4. The van der Waals surface area contributed by atoms with Crippen molar-refractivity contribution < 1.29 is 19.4 Å². The van der Waals surface area contributed by atoms with Crippen LogP contribution in [0.1, 0.15) is 73.2 Å². The number of amides is 1. The van der Waals surface area contributed by atoms with E-state index in [2.05, 4.69) is 27.4 Å². The van der Waals surface area contributed by atoms with Crippen molar-refractivity contribution >= 4 is 29.3 Å². The molecule has 2 heterocycles. The number of carboxylic acids is 1. The van der Waals surface area contributed by atoms with Gasteiger partial charge in [-0.2, -0.15) is 9.97 Å². The van der Waals surface area contributed by atoms with Gasteiger partial charge in [0.05, 0.1) is 6.54 Å². The minimum absolute atomic E-state index is 0.121. The van der Waals surface area contributed by atoms with Crippen LogP contribution in [-0.2, 0) is 4.79 Å². The number of ether oxygens (including phenoxy) is 1. The second kappa shape index (κ2) is 10.1. The van der Waals surface area contributed by atoms with Crippen LogP contribution in [0.5, 0.6) is 5.88 Å². The van der Waals surface area contributed by atoms with Gasteiger partial charge in [0.25, 0.3) is 5.91 Å². The van der Waals surface area contributed by atoms with Crippen molar-refractivity contribution in [3.8, 4) is 5.88 Å². The molecule has 1 aromatic heterocycles. The molecule has 2 saturated carbocycles. The first-order chi connectivity index (χ1) is 17.0. The van der Waals surface area contributed by atoms with Gasteiger partial charge in [-0.1, -0.05) is 25.0 Å². The first-order valence-corrected chi connectivity index (χ1v) is 12.7. The number of benzene rings is 1. The van der Waals surface area contributed by atoms with E-state index in [4.69, 9.17) is 15.6 Å². The maximum absolute atomic E-state index is 13.4. The van der Waals surface area contributed by atoms with Crippen molar-refractivity contribution in [3.63, 3.8) is 0 Å². The van der Waals surface area contributed by atoms with E-state index in [1.165, 1.54) is 18.4 Å². The van der Waals surface area contributed by atoms with Crippen molar-refractivity contribution in [2.45, 2.75) is 57.3 Å². The van der Waals surface area contributed by atoms with Gasteiger partial charge in [-0.25, -0.2) is 0 Å². The first kappa shape index (κ1) is 23.4. The molecule has 1 aromatic carbocycles. The molecule has 1 amide bonds. The van der Waals surface area contributed by atoms with Gasteiger partial charge in [-0.3, -0.25) is 9.59 Å². The van der Waals surface area contributed by atoms with Gasteiger partial charge in [0.2, 0.25) is 11.8 Å². The van der Waals surface area contributed by atoms with Gasteiger partial charge in [0, 0.05) is 18.7 Å². The molecule has 0 saturated heterocycles. The molecule has 0 radical (unpaired) electrons. The fourth-order valence-corrected chi connectivity index (χ4v) is 5.23. The van der Waals surface area contributed by atoms with Crippen LogP contribution >= 0.6 is 0 Å². The number of carbonyl (C=O) groups is 2. The number of nitrogens with one attached hydrogen (secondary N) is 1. The van der Waals surface area contributed by atoms with Crippen LogP contribution in [0.2, 0.25) is 0 Å². The maximum atomic E-state index is 13.4. The molecular weight excluding hydrogens is 446 g/mol. The summed E-state index contributed by atoms with van der Waals surface area (Å²) in [5.41, 5.74) is 8.40. The highest BCUT2D eigenvalue weighted by molar-refractivity contribution is 6.10. The Morgan fingerprint density at radius 1 is 1.09 bits per heavy atom. The van der Waals surface area contributed by atoms with E-state index < -0.39 is 5.97 Å². The molecule has 4 N–H and O–H groups in total. The topological polar surface area (TPSA) is 131 Å². The Labute approximate surface area is 205 Å². The molecule has 3 aliphatic rings. The molecule has 9 heteroatoms. The number of hydrogen-bond acceptors (Lipinski definition) is 7. The Balaban J connectivity index is 1.26. The molecule has 35 heavy (non-hydrogen) atoms. The van der Waals surface area contributed by atoms with Crippen LogP contribution < -0.4 is 20.7 Å². The molecule has 2 aromatic rings. The molecule has 9 nitrogen and oxygen atoms in total. The number of carbonyl (C=O) groups excluding carboxylic acids is 1. The van der Waals surface area contributed by atoms with Crippen molar-refractivity contribution in [1.82, 2.24) is 9.97 Å². The number of fused-ring (bicyclic) bond motifs is 1. The fourth-order valence-electron chi connectivity index (χ4n) is 5.23. The van der Waals surface area contributed by atoms with Crippen molar-refractivity contribution in [2.24, 2.45) is 11.8 Å². The lowest BCUT2D eigenvalue weighted by Crippen LogP contribution is -2.32. The molecule has 2 aliphatic carbocycles. The van der Waals surface area contributed by atoms with E-state index in [1.54, 1.807) is 4.90 Å². The highest BCUT2D eigenvalue weighted by Gasteiger charge is 2.30. The number of aromatic nitrogens is 2. The lowest BCUT2D eigenvalue weighted by Gasteiger charge is -2.28. The summed E-state index contributed by atoms with van der Waals surface area (Å²) >= 11 is 0. The number of rotatable bonds is 8. The SMILES string of the molecule is Nc1nc(NCCC2CC2)nc2c1C(=O)N(c1ccc(C3CCC(CC(=O)O)CC3)cc1)CCO2. The molecule has 186 valence electrons. The van der Waals surface area contributed by atoms with E-state index >= 15 is 0 Å². The summed E-state index contributed by atoms with van der Waals surface area (Å²) in [4.78, 5) is 34.8. The third-order valence-corrected chi connectivity index (χ3v) is 7.44. The second-order valence-corrected chi connectivity index (χ2v) is 9.98. The summed E-state index contributed by atoms with van der Waals surface area (Å²) in [6.45, 7) is 1.47. The molecule has 1 aliphatic heterocycles. The standard InChI is InChI=1S/C26H33N5O4/c27-23-22-24(30-26(29-23)28-12-11-16-1-2-16)35-14-13-31(25(22)34)20-9-7-19(8-10-20)18-5-3-17(4-6-18)15-21(32)33/h7-10,16-18H,1-6,11-15H2,(H,32,33)(H3,27,28,29,30). The third-order valence-electron chi connectivity index (χ3n) is 7.44. The number of anilines is 3. The van der Waals surface area contributed by atoms with Gasteiger partial charge in [0.15, 0.2) is 0 Å². The number of nitrogens with two attached hydrogens (primary N) is 1. The lowest BCUT2D eigenvalue weighted by molar-refractivity contribution is -0.138. The summed E-state index contributed by atoms with van der Waals surface area (Å²) in [7, 11) is 0. The highest BCUT2D eigenvalue weighted by atomic mass is 16.5. The Bertz CT molecular complexity index is 1080. The first-order valence-electron chi connectivity index (χ1n) is 12.7. The smallest absolute Gasteiger partial charge is 0.303 e. The Kier molecular flexibility index (Phi) is 6.74. The summed E-state index contributed by atoms with van der Waals surface area (Å²) in [5.74, 6) is 1.27. The van der Waals surface area contributed by atoms with Crippen LogP contribution in [-0.4, -0.2) is 46.6 Å². The van der Waals surface area contributed by atoms with Crippen LogP contribution in [0.15, 0.2) is 24.3 Å². The van der Waals surface area contributed by atoms with Gasteiger partial charge >= 0.3 is 5.97 Å². The number of aliphatic carboxylic acids is 1. The van der Waals surface area contributed by atoms with Crippen molar-refractivity contribution in [3.05, 3.63) is 35.4 Å². The van der Waals surface area contributed by atoms with Crippen LogP contribution in [0.25, 0.3) is 0 Å². The Hall–Kier alpha value is -3.36. The Morgan fingerprint density at radius 2 is 1.80 bits per heavy atom. The molecule has 2 fully saturated rings. The van der Waals surface area contributed by atoms with Crippen molar-refractivity contribution in [1.29, 1.82) is 0 Å². The number of nitrogens with zero attached hydrogens (tertiary/aromatic N) is 3.